The summed E-state index contributed by atoms with van der Waals surface area (Å²) in [6, 6.07) is 16.9. The summed E-state index contributed by atoms with van der Waals surface area (Å²) in [5, 5.41) is 0.983. The Morgan fingerprint density at radius 2 is 1.82 bits per heavy atom. The third kappa shape index (κ3) is 2.91. The number of ether oxygens (including phenoxy) is 2. The second-order valence-electron chi connectivity index (χ2n) is 4.80. The van der Waals surface area contributed by atoms with E-state index in [1.165, 1.54) is 7.11 Å². The van der Waals surface area contributed by atoms with Crippen LogP contribution in [-0.4, -0.2) is 18.1 Å². The van der Waals surface area contributed by atoms with Gasteiger partial charge in [0.2, 0.25) is 0 Å². The molecule has 3 rings (SSSR count). The number of para-hydroxylation sites is 1. The van der Waals surface area contributed by atoms with E-state index in [0.29, 0.717) is 12.2 Å². The maximum atomic E-state index is 11.4. The molecule has 4 heteroatoms. The van der Waals surface area contributed by atoms with Crippen LogP contribution in [0.5, 0.6) is 5.75 Å². The van der Waals surface area contributed by atoms with Crippen molar-refractivity contribution >= 4 is 16.9 Å². The first-order chi connectivity index (χ1) is 10.8. The van der Waals surface area contributed by atoms with Crippen LogP contribution in [-0.2, 0) is 11.3 Å². The lowest BCUT2D eigenvalue weighted by molar-refractivity contribution is 0.0600. The van der Waals surface area contributed by atoms with Crippen LogP contribution < -0.4 is 4.74 Å². The zero-order valence-corrected chi connectivity index (χ0v) is 12.2. The van der Waals surface area contributed by atoms with E-state index >= 15 is 0 Å². The van der Waals surface area contributed by atoms with Crippen molar-refractivity contribution in [2.45, 2.75) is 6.61 Å². The highest BCUT2D eigenvalue weighted by Crippen LogP contribution is 2.24. The van der Waals surface area contributed by atoms with Crippen molar-refractivity contribution in [3.05, 3.63) is 71.9 Å². The van der Waals surface area contributed by atoms with E-state index in [1.54, 1.807) is 18.3 Å². The Bertz CT molecular complexity index is 792. The average molecular weight is 293 g/mol. The maximum absolute atomic E-state index is 11.4. The number of fused-ring (bicyclic) bond motifs is 1. The molecule has 0 amide bonds. The van der Waals surface area contributed by atoms with E-state index in [9.17, 15) is 4.79 Å². The quantitative estimate of drug-likeness (QED) is 0.690. The molecule has 0 aliphatic heterocycles. The molecule has 0 spiro atoms. The minimum atomic E-state index is -0.340. The number of hydrogen-bond donors (Lipinski definition) is 0. The summed E-state index contributed by atoms with van der Waals surface area (Å²) in [5.74, 6) is 0.454. The summed E-state index contributed by atoms with van der Waals surface area (Å²) >= 11 is 0. The molecular weight excluding hydrogens is 278 g/mol. The highest BCUT2D eigenvalue weighted by molar-refractivity contribution is 5.89. The average Bonchev–Trinajstić information content (AvgIpc) is 2.59. The molecule has 1 aromatic heterocycles. The monoisotopic (exact) mass is 293 g/mol. The largest absolute Gasteiger partial charge is 0.488 e. The number of esters is 1. The molecule has 0 aliphatic carbocycles. The van der Waals surface area contributed by atoms with Crippen LogP contribution in [0.1, 0.15) is 15.9 Å². The molecule has 2 aromatic carbocycles. The topological polar surface area (TPSA) is 48.4 Å². The highest BCUT2D eigenvalue weighted by atomic mass is 16.5. The van der Waals surface area contributed by atoms with Crippen LogP contribution >= 0.6 is 0 Å². The fraction of sp³-hybridized carbons (Fsp3) is 0.111. The van der Waals surface area contributed by atoms with Gasteiger partial charge in [-0.25, -0.2) is 4.79 Å². The molecule has 0 atom stereocenters. The van der Waals surface area contributed by atoms with Crippen molar-refractivity contribution in [1.82, 2.24) is 4.98 Å². The van der Waals surface area contributed by atoms with Crippen LogP contribution in [0.3, 0.4) is 0 Å². The normalized spacial score (nSPS) is 10.4. The van der Waals surface area contributed by atoms with Crippen molar-refractivity contribution in [3.8, 4) is 5.75 Å². The summed E-state index contributed by atoms with van der Waals surface area (Å²) in [7, 11) is 1.37. The number of carbonyl (C=O) groups is 1. The molecule has 0 saturated carbocycles. The van der Waals surface area contributed by atoms with Crippen molar-refractivity contribution in [3.63, 3.8) is 0 Å². The van der Waals surface area contributed by atoms with E-state index in [4.69, 9.17) is 4.74 Å². The number of carbonyl (C=O) groups excluding carboxylic acids is 1. The second kappa shape index (κ2) is 6.26. The molecule has 110 valence electrons. The first kappa shape index (κ1) is 14.1. The third-order valence-electron chi connectivity index (χ3n) is 3.38. The number of benzene rings is 2. The third-order valence-corrected chi connectivity index (χ3v) is 3.38. The van der Waals surface area contributed by atoms with Gasteiger partial charge in [0, 0.05) is 11.6 Å². The molecule has 3 aromatic rings. The number of aromatic nitrogens is 1. The van der Waals surface area contributed by atoms with Crippen LogP contribution in [0, 0.1) is 0 Å². The SMILES string of the molecule is COC(=O)c1ccc(COc2ccnc3ccccc23)cc1. The Balaban J connectivity index is 1.75. The molecule has 1 heterocycles. The van der Waals surface area contributed by atoms with Crippen molar-refractivity contribution in [1.29, 1.82) is 0 Å². The predicted octanol–water partition coefficient (Wildman–Crippen LogP) is 3.60. The molecule has 0 radical (unpaired) electrons. The van der Waals surface area contributed by atoms with Gasteiger partial charge in [-0.2, -0.15) is 0 Å². The Hall–Kier alpha value is -2.88. The summed E-state index contributed by atoms with van der Waals surface area (Å²) in [5.41, 5.74) is 2.41. The molecule has 0 saturated heterocycles. The highest BCUT2D eigenvalue weighted by Gasteiger charge is 2.06. The van der Waals surface area contributed by atoms with Gasteiger partial charge < -0.3 is 9.47 Å². The van der Waals surface area contributed by atoms with Crippen LogP contribution in [0.4, 0.5) is 0 Å². The first-order valence-electron chi connectivity index (χ1n) is 6.92. The van der Waals surface area contributed by atoms with Gasteiger partial charge in [-0.3, -0.25) is 4.98 Å². The molecular formula is C18H15NO3. The van der Waals surface area contributed by atoms with Gasteiger partial charge in [0.1, 0.15) is 12.4 Å². The predicted molar refractivity (Wildman–Crippen MR) is 83.9 cm³/mol. The molecule has 22 heavy (non-hydrogen) atoms. The van der Waals surface area contributed by atoms with Gasteiger partial charge in [0.05, 0.1) is 18.2 Å². The Kier molecular flexibility index (Phi) is 4.01. The van der Waals surface area contributed by atoms with Crippen molar-refractivity contribution in [2.75, 3.05) is 7.11 Å². The maximum Gasteiger partial charge on any atom is 0.337 e. The fourth-order valence-electron chi connectivity index (χ4n) is 2.21. The fourth-order valence-corrected chi connectivity index (χ4v) is 2.21. The standard InChI is InChI=1S/C18H15NO3/c1-21-18(20)14-8-6-13(7-9-14)12-22-17-10-11-19-16-5-3-2-4-15(16)17/h2-11H,12H2,1H3. The molecule has 0 unspecified atom stereocenters. The smallest absolute Gasteiger partial charge is 0.337 e. The summed E-state index contributed by atoms with van der Waals surface area (Å²) in [4.78, 5) is 15.7. The zero-order valence-electron chi connectivity index (χ0n) is 12.2. The second-order valence-corrected chi connectivity index (χ2v) is 4.80. The lowest BCUT2D eigenvalue weighted by atomic mass is 10.1. The molecule has 0 N–H and O–H groups in total. The zero-order chi connectivity index (χ0) is 15.4. The van der Waals surface area contributed by atoms with Gasteiger partial charge in [-0.1, -0.05) is 24.3 Å². The van der Waals surface area contributed by atoms with Crippen LogP contribution in [0.15, 0.2) is 60.8 Å². The number of hydrogen-bond acceptors (Lipinski definition) is 4. The lowest BCUT2D eigenvalue weighted by Crippen LogP contribution is -2.02. The summed E-state index contributed by atoms with van der Waals surface area (Å²) in [6.07, 6.45) is 1.73. The number of rotatable bonds is 4. The molecule has 0 aliphatic rings. The van der Waals surface area contributed by atoms with Crippen LogP contribution in [0.25, 0.3) is 10.9 Å². The van der Waals surface area contributed by atoms with Crippen molar-refractivity contribution in [2.24, 2.45) is 0 Å². The molecule has 0 fully saturated rings. The van der Waals surface area contributed by atoms with Gasteiger partial charge in [-0.15, -0.1) is 0 Å². The van der Waals surface area contributed by atoms with E-state index in [0.717, 1.165) is 22.2 Å². The minimum absolute atomic E-state index is 0.340. The Labute approximate surface area is 128 Å². The van der Waals surface area contributed by atoms with Gasteiger partial charge in [0.15, 0.2) is 0 Å². The van der Waals surface area contributed by atoms with E-state index in [1.807, 2.05) is 42.5 Å². The van der Waals surface area contributed by atoms with Gasteiger partial charge >= 0.3 is 5.97 Å². The van der Waals surface area contributed by atoms with Gasteiger partial charge in [-0.05, 0) is 35.9 Å². The number of nitrogens with zero attached hydrogens (tertiary/aromatic N) is 1. The number of methoxy groups -OCH3 is 1. The molecule has 4 nitrogen and oxygen atoms in total. The minimum Gasteiger partial charge on any atom is -0.488 e. The van der Waals surface area contributed by atoms with E-state index in [-0.39, 0.29) is 5.97 Å². The lowest BCUT2D eigenvalue weighted by Gasteiger charge is -2.09. The summed E-state index contributed by atoms with van der Waals surface area (Å²) in [6.45, 7) is 0.426. The van der Waals surface area contributed by atoms with Gasteiger partial charge in [0.25, 0.3) is 0 Å². The Morgan fingerprint density at radius 3 is 2.59 bits per heavy atom. The van der Waals surface area contributed by atoms with Crippen molar-refractivity contribution < 1.29 is 14.3 Å². The first-order valence-corrected chi connectivity index (χ1v) is 6.92. The van der Waals surface area contributed by atoms with E-state index < -0.39 is 0 Å². The number of pyridine rings is 1. The van der Waals surface area contributed by atoms with E-state index in [2.05, 4.69) is 9.72 Å². The molecule has 0 bridgehead atoms. The van der Waals surface area contributed by atoms with Crippen LogP contribution in [0.2, 0.25) is 0 Å². The Morgan fingerprint density at radius 1 is 1.05 bits per heavy atom. The summed E-state index contributed by atoms with van der Waals surface area (Å²) < 4.78 is 10.6.